The lowest BCUT2D eigenvalue weighted by atomic mass is 9.97. The van der Waals surface area contributed by atoms with Crippen LogP contribution in [-0.4, -0.2) is 24.5 Å². The monoisotopic (exact) mass is 478 g/mol. The fourth-order valence-corrected chi connectivity index (χ4v) is 4.08. The van der Waals surface area contributed by atoms with Crippen LogP contribution in [-0.2, 0) is 16.0 Å². The van der Waals surface area contributed by atoms with E-state index in [9.17, 15) is 30.4 Å². The molecule has 0 aliphatic heterocycles. The third kappa shape index (κ3) is 4.38. The van der Waals surface area contributed by atoms with Crippen molar-refractivity contribution in [3.05, 3.63) is 90.1 Å². The second-order valence-electron chi connectivity index (χ2n) is 7.24. The van der Waals surface area contributed by atoms with Crippen molar-refractivity contribution in [3.63, 3.8) is 0 Å². The van der Waals surface area contributed by atoms with E-state index in [1.807, 2.05) is 0 Å². The van der Waals surface area contributed by atoms with Gasteiger partial charge in [0.05, 0.1) is 16.3 Å². The number of nitrogens with zero attached hydrogens (tertiary/aromatic N) is 2. The molecular weight excluding hydrogens is 463 g/mol. The predicted octanol–water partition coefficient (Wildman–Crippen LogP) is 5.91. The molecule has 0 aliphatic carbocycles. The summed E-state index contributed by atoms with van der Waals surface area (Å²) in [6, 6.07) is 15.3. The first-order valence-electron chi connectivity index (χ1n) is 9.48. The zero-order chi connectivity index (χ0) is 24.0. The molecule has 1 aromatic heterocycles. The third-order valence-electron chi connectivity index (χ3n) is 4.91. The predicted molar refractivity (Wildman–Crippen MR) is 112 cm³/mol. The van der Waals surface area contributed by atoms with E-state index in [1.165, 1.54) is 36.4 Å². The lowest BCUT2D eigenvalue weighted by Crippen LogP contribution is -2.09. The molecule has 10 heteroatoms. The van der Waals surface area contributed by atoms with Crippen LogP contribution in [0.4, 0.5) is 22.0 Å². The minimum Gasteiger partial charge on any atom is -0.232 e. The van der Waals surface area contributed by atoms with Gasteiger partial charge in [-0.15, -0.1) is 0 Å². The van der Waals surface area contributed by atoms with Crippen molar-refractivity contribution in [1.82, 2.24) is 9.78 Å². The van der Waals surface area contributed by atoms with Crippen LogP contribution in [0, 0.1) is 11.6 Å². The molecule has 0 N–H and O–H groups in total. The van der Waals surface area contributed by atoms with Gasteiger partial charge in [0.15, 0.2) is 15.5 Å². The molecule has 0 spiro atoms. The molecule has 3 aromatic carbocycles. The summed E-state index contributed by atoms with van der Waals surface area (Å²) in [5.41, 5.74) is -2.14. The van der Waals surface area contributed by atoms with Crippen LogP contribution in [0.15, 0.2) is 77.7 Å². The third-order valence-corrected chi connectivity index (χ3v) is 6.04. The lowest BCUT2D eigenvalue weighted by Gasteiger charge is -2.12. The molecule has 0 fully saturated rings. The van der Waals surface area contributed by atoms with Gasteiger partial charge in [-0.2, -0.15) is 18.3 Å². The molecule has 0 saturated carbocycles. The van der Waals surface area contributed by atoms with Crippen LogP contribution >= 0.6 is 0 Å². The van der Waals surface area contributed by atoms with Crippen LogP contribution in [0.1, 0.15) is 5.69 Å². The molecule has 0 saturated heterocycles. The Bertz CT molecular complexity index is 1430. The van der Waals surface area contributed by atoms with Gasteiger partial charge in [-0.1, -0.05) is 30.3 Å². The van der Waals surface area contributed by atoms with Crippen LogP contribution in [0.3, 0.4) is 0 Å². The molecule has 0 amide bonds. The fourth-order valence-electron chi connectivity index (χ4n) is 3.45. The number of hydrogen-bond acceptors (Lipinski definition) is 3. The van der Waals surface area contributed by atoms with Crippen molar-refractivity contribution in [2.45, 2.75) is 11.1 Å². The average Bonchev–Trinajstić information content (AvgIpc) is 3.15. The Morgan fingerprint density at radius 2 is 1.52 bits per heavy atom. The first kappa shape index (κ1) is 22.7. The molecule has 4 nitrogen and oxygen atoms in total. The summed E-state index contributed by atoms with van der Waals surface area (Å²) in [4.78, 5) is -0.0393. The maximum atomic E-state index is 14.7. The molecule has 170 valence electrons. The Labute approximate surface area is 185 Å². The summed E-state index contributed by atoms with van der Waals surface area (Å²) >= 11 is 0. The minimum atomic E-state index is -4.96. The Balaban J connectivity index is 2.11. The highest BCUT2D eigenvalue weighted by Gasteiger charge is 2.41. The van der Waals surface area contributed by atoms with Crippen molar-refractivity contribution < 1.29 is 30.4 Å². The summed E-state index contributed by atoms with van der Waals surface area (Å²) in [7, 11) is -3.56. The largest absolute Gasteiger partial charge is 0.435 e. The zero-order valence-electron chi connectivity index (χ0n) is 16.9. The van der Waals surface area contributed by atoms with Crippen molar-refractivity contribution in [2.75, 3.05) is 6.26 Å². The highest BCUT2D eigenvalue weighted by atomic mass is 32.2. The Morgan fingerprint density at radius 3 is 2.06 bits per heavy atom. The standard InChI is InChI=1S/C23H15F5N2O2S/c1-33(31,32)17-10-7-14(8-11-17)21-20(18-12-9-15(24)13-19(18)25)22(23(26,27)28)29-30(21)16-5-3-2-4-6-16/h2-13H,1H3. The first-order valence-corrected chi connectivity index (χ1v) is 11.4. The summed E-state index contributed by atoms with van der Waals surface area (Å²) in [5, 5.41) is 3.75. The maximum absolute atomic E-state index is 14.7. The maximum Gasteiger partial charge on any atom is 0.435 e. The normalized spacial score (nSPS) is 12.2. The molecule has 0 atom stereocenters. The van der Waals surface area contributed by atoms with E-state index in [2.05, 4.69) is 5.10 Å². The van der Waals surface area contributed by atoms with Crippen LogP contribution in [0.25, 0.3) is 28.1 Å². The van der Waals surface area contributed by atoms with Crippen molar-refractivity contribution in [1.29, 1.82) is 0 Å². The highest BCUT2D eigenvalue weighted by Crippen LogP contribution is 2.44. The number of rotatable bonds is 4. The second-order valence-corrected chi connectivity index (χ2v) is 9.25. The number of sulfone groups is 1. The summed E-state index contributed by atoms with van der Waals surface area (Å²) < 4.78 is 95.0. The van der Waals surface area contributed by atoms with Gasteiger partial charge in [0.1, 0.15) is 11.6 Å². The molecule has 0 radical (unpaired) electrons. The van der Waals surface area contributed by atoms with Crippen molar-refractivity contribution in [3.8, 4) is 28.1 Å². The number of aromatic nitrogens is 2. The Hall–Kier alpha value is -3.53. The van der Waals surface area contributed by atoms with Crippen LogP contribution < -0.4 is 0 Å². The number of hydrogen-bond donors (Lipinski definition) is 0. The van der Waals surface area contributed by atoms with E-state index in [0.717, 1.165) is 23.1 Å². The van der Waals surface area contributed by atoms with Gasteiger partial charge in [0, 0.05) is 29.0 Å². The average molecular weight is 478 g/mol. The van der Waals surface area contributed by atoms with E-state index in [4.69, 9.17) is 0 Å². The molecule has 0 bridgehead atoms. The zero-order valence-corrected chi connectivity index (χ0v) is 17.8. The van der Waals surface area contributed by atoms with E-state index in [1.54, 1.807) is 18.2 Å². The summed E-state index contributed by atoms with van der Waals surface area (Å²) in [6.07, 6.45) is -3.96. The van der Waals surface area contributed by atoms with Gasteiger partial charge in [-0.3, -0.25) is 0 Å². The number of benzene rings is 3. The molecule has 4 aromatic rings. The van der Waals surface area contributed by atoms with E-state index < -0.39 is 44.5 Å². The quantitative estimate of drug-likeness (QED) is 0.343. The minimum absolute atomic E-state index is 0.0393. The topological polar surface area (TPSA) is 52.0 Å². The van der Waals surface area contributed by atoms with Crippen molar-refractivity contribution >= 4 is 9.84 Å². The number of halogens is 5. The van der Waals surface area contributed by atoms with Crippen molar-refractivity contribution in [2.24, 2.45) is 0 Å². The van der Waals surface area contributed by atoms with E-state index in [-0.39, 0.29) is 21.8 Å². The number of para-hydroxylation sites is 1. The van der Waals surface area contributed by atoms with E-state index in [0.29, 0.717) is 6.07 Å². The Morgan fingerprint density at radius 1 is 0.879 bits per heavy atom. The van der Waals surface area contributed by atoms with E-state index >= 15 is 0 Å². The first-order chi connectivity index (χ1) is 15.5. The molecule has 1 heterocycles. The Kier molecular flexibility index (Phi) is 5.57. The smallest absolute Gasteiger partial charge is 0.232 e. The molecular formula is C23H15F5N2O2S. The summed E-state index contributed by atoms with van der Waals surface area (Å²) in [5.74, 6) is -2.14. The van der Waals surface area contributed by atoms with Gasteiger partial charge in [-0.05, 0) is 36.4 Å². The SMILES string of the molecule is CS(=O)(=O)c1ccc(-c2c(-c3ccc(F)cc3F)c(C(F)(F)F)nn2-c2ccccc2)cc1. The lowest BCUT2D eigenvalue weighted by molar-refractivity contribution is -0.140. The van der Waals surface area contributed by atoms with Gasteiger partial charge in [0.25, 0.3) is 0 Å². The second kappa shape index (κ2) is 8.11. The van der Waals surface area contributed by atoms with Gasteiger partial charge in [0.2, 0.25) is 0 Å². The fraction of sp³-hybridized carbons (Fsp3) is 0.0870. The molecule has 0 unspecified atom stereocenters. The molecule has 4 rings (SSSR count). The molecule has 0 aliphatic rings. The van der Waals surface area contributed by atoms with Crippen LogP contribution in [0.2, 0.25) is 0 Å². The van der Waals surface area contributed by atoms with Crippen LogP contribution in [0.5, 0.6) is 0 Å². The molecule has 33 heavy (non-hydrogen) atoms. The summed E-state index contributed by atoms with van der Waals surface area (Å²) in [6.45, 7) is 0. The van der Waals surface area contributed by atoms with Gasteiger partial charge < -0.3 is 0 Å². The van der Waals surface area contributed by atoms with Gasteiger partial charge in [-0.25, -0.2) is 21.9 Å². The highest BCUT2D eigenvalue weighted by molar-refractivity contribution is 7.90. The van der Waals surface area contributed by atoms with Gasteiger partial charge >= 0.3 is 6.18 Å². The number of alkyl halides is 3.